The summed E-state index contributed by atoms with van der Waals surface area (Å²) in [5, 5.41) is 0. The lowest BCUT2D eigenvalue weighted by Crippen LogP contribution is -2.41. The van der Waals surface area contributed by atoms with Crippen LogP contribution in [0.25, 0.3) is 0 Å². The number of hydrogen-bond donors (Lipinski definition) is 1. The number of hydrogen-bond acceptors (Lipinski definition) is 3. The highest BCUT2D eigenvalue weighted by Gasteiger charge is 2.39. The van der Waals surface area contributed by atoms with E-state index in [9.17, 15) is 4.79 Å². The van der Waals surface area contributed by atoms with Crippen molar-refractivity contribution in [2.45, 2.75) is 37.5 Å². The molecule has 2 rings (SSSR count). The molecule has 1 aromatic rings. The summed E-state index contributed by atoms with van der Waals surface area (Å²) in [4.78, 5) is 11.7. The number of carbonyl (C=O) groups excluding carboxylic acids is 1. The van der Waals surface area contributed by atoms with E-state index in [-0.39, 0.29) is 11.4 Å². The molecule has 2 N–H and O–H groups in total. The minimum atomic E-state index is -0.240. The number of benzene rings is 1. The number of methoxy groups -OCH3 is 1. The zero-order valence-corrected chi connectivity index (χ0v) is 11.1. The van der Waals surface area contributed by atoms with Crippen LogP contribution in [0.2, 0.25) is 0 Å². The van der Waals surface area contributed by atoms with Gasteiger partial charge in [-0.2, -0.15) is 0 Å². The number of nitrogens with two attached hydrogens (primary N) is 1. The Hall–Kier alpha value is -1.35. The Morgan fingerprint density at radius 2 is 2.22 bits per heavy atom. The molecule has 1 aliphatic carbocycles. The van der Waals surface area contributed by atoms with Gasteiger partial charge in [-0.1, -0.05) is 31.2 Å². The van der Waals surface area contributed by atoms with E-state index < -0.39 is 0 Å². The van der Waals surface area contributed by atoms with E-state index >= 15 is 0 Å². The van der Waals surface area contributed by atoms with Gasteiger partial charge in [-0.05, 0) is 29.9 Å². The second-order valence-corrected chi connectivity index (χ2v) is 5.26. The topological polar surface area (TPSA) is 52.3 Å². The average molecular weight is 247 g/mol. The summed E-state index contributed by atoms with van der Waals surface area (Å²) in [5.74, 6) is 0.364. The highest BCUT2D eigenvalue weighted by atomic mass is 16.5. The summed E-state index contributed by atoms with van der Waals surface area (Å²) in [5.41, 5.74) is 8.32. The van der Waals surface area contributed by atoms with Crippen molar-refractivity contribution in [2.24, 2.45) is 5.73 Å². The minimum Gasteiger partial charge on any atom is -0.469 e. The standard InChI is InChI=1S/C15H21NO2/c1-11-7-8-15(10-16,9-14(17)18-2)13-6-4-3-5-12(11)13/h3-6,11H,7-10,16H2,1-2H3. The van der Waals surface area contributed by atoms with Crippen molar-refractivity contribution in [1.82, 2.24) is 0 Å². The first kappa shape index (κ1) is 13.1. The van der Waals surface area contributed by atoms with Gasteiger partial charge in [0, 0.05) is 12.0 Å². The van der Waals surface area contributed by atoms with Crippen LogP contribution >= 0.6 is 0 Å². The Morgan fingerprint density at radius 1 is 1.50 bits per heavy atom. The first-order valence-electron chi connectivity index (χ1n) is 6.49. The predicted octanol–water partition coefficient (Wildman–Crippen LogP) is 2.34. The number of carbonyl (C=O) groups is 1. The van der Waals surface area contributed by atoms with Gasteiger partial charge in [0.2, 0.25) is 0 Å². The van der Waals surface area contributed by atoms with Gasteiger partial charge in [-0.3, -0.25) is 4.79 Å². The first-order chi connectivity index (χ1) is 8.63. The van der Waals surface area contributed by atoms with Crippen LogP contribution in [0.1, 0.15) is 43.2 Å². The van der Waals surface area contributed by atoms with E-state index in [4.69, 9.17) is 10.5 Å². The number of ether oxygens (including phenoxy) is 1. The fraction of sp³-hybridized carbons (Fsp3) is 0.533. The van der Waals surface area contributed by atoms with Crippen LogP contribution in [0.3, 0.4) is 0 Å². The fourth-order valence-electron chi connectivity index (χ4n) is 3.01. The number of fused-ring (bicyclic) bond motifs is 1. The van der Waals surface area contributed by atoms with Crippen molar-refractivity contribution in [2.75, 3.05) is 13.7 Å². The Labute approximate surface area is 108 Å². The third kappa shape index (κ3) is 2.15. The van der Waals surface area contributed by atoms with Crippen LogP contribution in [-0.4, -0.2) is 19.6 Å². The normalized spacial score (nSPS) is 26.5. The van der Waals surface area contributed by atoms with Gasteiger partial charge in [0.15, 0.2) is 0 Å². The monoisotopic (exact) mass is 247 g/mol. The Kier molecular flexibility index (Phi) is 3.71. The third-order valence-electron chi connectivity index (χ3n) is 4.22. The molecule has 2 atom stereocenters. The molecular weight excluding hydrogens is 226 g/mol. The molecule has 3 heteroatoms. The molecule has 1 aliphatic rings. The molecule has 18 heavy (non-hydrogen) atoms. The minimum absolute atomic E-state index is 0.176. The average Bonchev–Trinajstić information content (AvgIpc) is 2.42. The third-order valence-corrected chi connectivity index (χ3v) is 4.22. The highest BCUT2D eigenvalue weighted by molar-refractivity contribution is 5.71. The van der Waals surface area contributed by atoms with E-state index in [2.05, 4.69) is 25.1 Å². The van der Waals surface area contributed by atoms with Crippen molar-refractivity contribution in [3.05, 3.63) is 35.4 Å². The summed E-state index contributed by atoms with van der Waals surface area (Å²) in [7, 11) is 1.43. The maximum atomic E-state index is 11.7. The summed E-state index contributed by atoms with van der Waals surface area (Å²) < 4.78 is 4.83. The van der Waals surface area contributed by atoms with Gasteiger partial charge < -0.3 is 10.5 Å². The lowest BCUT2D eigenvalue weighted by Gasteiger charge is -2.40. The van der Waals surface area contributed by atoms with Gasteiger partial charge in [-0.15, -0.1) is 0 Å². The molecule has 0 heterocycles. The van der Waals surface area contributed by atoms with Crippen LogP contribution in [-0.2, 0) is 14.9 Å². The van der Waals surface area contributed by atoms with E-state index in [1.54, 1.807) is 0 Å². The van der Waals surface area contributed by atoms with Crippen LogP contribution in [0, 0.1) is 0 Å². The molecule has 0 amide bonds. The molecule has 98 valence electrons. The molecule has 3 nitrogen and oxygen atoms in total. The van der Waals surface area contributed by atoms with Crippen molar-refractivity contribution >= 4 is 5.97 Å². The highest BCUT2D eigenvalue weighted by Crippen LogP contribution is 2.44. The number of rotatable bonds is 3. The fourth-order valence-corrected chi connectivity index (χ4v) is 3.01. The Morgan fingerprint density at radius 3 is 2.89 bits per heavy atom. The Bertz CT molecular complexity index is 444. The summed E-state index contributed by atoms with van der Waals surface area (Å²) in [6.07, 6.45) is 2.41. The van der Waals surface area contributed by atoms with E-state index in [0.717, 1.165) is 12.8 Å². The lowest BCUT2D eigenvalue weighted by molar-refractivity contribution is -0.142. The molecule has 0 radical (unpaired) electrons. The van der Waals surface area contributed by atoms with Crippen molar-refractivity contribution in [3.8, 4) is 0 Å². The van der Waals surface area contributed by atoms with Crippen LogP contribution in [0.5, 0.6) is 0 Å². The second-order valence-electron chi connectivity index (χ2n) is 5.26. The van der Waals surface area contributed by atoms with Gasteiger partial charge in [-0.25, -0.2) is 0 Å². The zero-order valence-electron chi connectivity index (χ0n) is 11.1. The molecule has 0 bridgehead atoms. The number of esters is 1. The largest absolute Gasteiger partial charge is 0.469 e. The van der Waals surface area contributed by atoms with Gasteiger partial charge in [0.1, 0.15) is 0 Å². The molecule has 0 saturated carbocycles. The summed E-state index contributed by atoms with van der Waals surface area (Å²) >= 11 is 0. The van der Waals surface area contributed by atoms with Crippen molar-refractivity contribution in [1.29, 1.82) is 0 Å². The molecular formula is C15H21NO2. The molecule has 0 fully saturated rings. The van der Waals surface area contributed by atoms with Crippen molar-refractivity contribution in [3.63, 3.8) is 0 Å². The zero-order chi connectivity index (χ0) is 13.2. The molecule has 1 aromatic carbocycles. The second kappa shape index (κ2) is 5.11. The van der Waals surface area contributed by atoms with E-state index in [1.807, 2.05) is 6.07 Å². The SMILES string of the molecule is COC(=O)CC1(CN)CCC(C)c2ccccc21. The van der Waals surface area contributed by atoms with Crippen LogP contribution < -0.4 is 5.73 Å². The van der Waals surface area contributed by atoms with Crippen molar-refractivity contribution < 1.29 is 9.53 Å². The maximum Gasteiger partial charge on any atom is 0.306 e. The molecule has 0 saturated heterocycles. The van der Waals surface area contributed by atoms with Gasteiger partial charge in [0.05, 0.1) is 13.5 Å². The van der Waals surface area contributed by atoms with Gasteiger partial charge >= 0.3 is 5.97 Å². The van der Waals surface area contributed by atoms with E-state index in [0.29, 0.717) is 18.9 Å². The van der Waals surface area contributed by atoms with Gasteiger partial charge in [0.25, 0.3) is 0 Å². The first-order valence-corrected chi connectivity index (χ1v) is 6.49. The lowest BCUT2D eigenvalue weighted by atomic mass is 9.65. The van der Waals surface area contributed by atoms with E-state index in [1.165, 1.54) is 18.2 Å². The maximum absolute atomic E-state index is 11.7. The molecule has 0 spiro atoms. The summed E-state index contributed by atoms with van der Waals surface area (Å²) in [6.45, 7) is 2.73. The molecule has 0 aromatic heterocycles. The van der Waals surface area contributed by atoms with Crippen LogP contribution in [0.4, 0.5) is 0 Å². The predicted molar refractivity (Wildman–Crippen MR) is 71.5 cm³/mol. The quantitative estimate of drug-likeness (QED) is 0.834. The Balaban J connectivity index is 2.43. The summed E-state index contributed by atoms with van der Waals surface area (Å²) in [6, 6.07) is 8.35. The smallest absolute Gasteiger partial charge is 0.306 e. The molecule has 0 aliphatic heterocycles. The van der Waals surface area contributed by atoms with Crippen LogP contribution in [0.15, 0.2) is 24.3 Å². The molecule has 2 unspecified atom stereocenters.